The average molecular weight is 343 g/mol. The second-order valence-corrected chi connectivity index (χ2v) is 6.04. The number of carbonyl (C=O) groups is 2. The summed E-state index contributed by atoms with van der Waals surface area (Å²) in [6.07, 6.45) is 1.84. The maximum Gasteiger partial charge on any atom is 0.303 e. The van der Waals surface area contributed by atoms with Gasteiger partial charge in [0.15, 0.2) is 0 Å². The van der Waals surface area contributed by atoms with Crippen molar-refractivity contribution < 1.29 is 19.4 Å². The highest BCUT2D eigenvalue weighted by molar-refractivity contribution is 5.96. The van der Waals surface area contributed by atoms with Crippen LogP contribution >= 0.6 is 0 Å². The average Bonchev–Trinajstić information content (AvgIpc) is 3.05. The fourth-order valence-electron chi connectivity index (χ4n) is 3.07. The molecule has 0 bridgehead atoms. The molecule has 132 valence electrons. The van der Waals surface area contributed by atoms with E-state index < -0.39 is 5.97 Å². The molecule has 0 saturated carbocycles. The van der Waals surface area contributed by atoms with Crippen molar-refractivity contribution in [2.45, 2.75) is 18.9 Å². The van der Waals surface area contributed by atoms with Crippen LogP contribution in [0.3, 0.4) is 0 Å². The number of carbonyl (C=O) groups excluding carboxylic acids is 1. The number of aliphatic carboxylic acids is 1. The molecule has 2 heterocycles. The van der Waals surface area contributed by atoms with E-state index in [4.69, 9.17) is 9.84 Å². The first-order valence-electron chi connectivity index (χ1n) is 8.24. The lowest BCUT2D eigenvalue weighted by atomic mass is 10.0. The van der Waals surface area contributed by atoms with Gasteiger partial charge in [-0.2, -0.15) is 5.10 Å². The number of aryl methyl sites for hydroxylation is 2. The molecule has 1 N–H and O–H groups in total. The third-order valence-corrected chi connectivity index (χ3v) is 4.40. The molecule has 0 spiro atoms. The van der Waals surface area contributed by atoms with Crippen LogP contribution in [0.1, 0.15) is 34.1 Å². The zero-order chi connectivity index (χ0) is 17.8. The summed E-state index contributed by atoms with van der Waals surface area (Å²) in [6.45, 7) is 1.42. The quantitative estimate of drug-likeness (QED) is 0.892. The van der Waals surface area contributed by atoms with Crippen molar-refractivity contribution in [2.24, 2.45) is 7.05 Å². The number of hydrogen-bond acceptors (Lipinski definition) is 4. The SMILES string of the molecule is Cn1nccc1C1CN(C(=O)c2ccccc2CCC(=O)O)CCO1. The van der Waals surface area contributed by atoms with Crippen LogP contribution < -0.4 is 0 Å². The van der Waals surface area contributed by atoms with Crippen molar-refractivity contribution in [3.8, 4) is 0 Å². The maximum atomic E-state index is 13.0. The summed E-state index contributed by atoms with van der Waals surface area (Å²) in [6, 6.07) is 9.09. The van der Waals surface area contributed by atoms with Gasteiger partial charge in [0.05, 0.1) is 18.8 Å². The Hall–Kier alpha value is -2.67. The standard InChI is InChI=1S/C18H21N3O4/c1-20-15(8-9-19-20)16-12-21(10-11-25-16)18(24)14-5-3-2-4-13(14)6-7-17(22)23/h2-5,8-9,16H,6-7,10-12H2,1H3,(H,22,23). The second kappa shape index (κ2) is 7.48. The first kappa shape index (κ1) is 17.2. The van der Waals surface area contributed by atoms with Crippen LogP contribution in [0.4, 0.5) is 0 Å². The van der Waals surface area contributed by atoms with Gasteiger partial charge in [0.25, 0.3) is 5.91 Å². The molecule has 1 saturated heterocycles. The van der Waals surface area contributed by atoms with Crippen molar-refractivity contribution in [1.82, 2.24) is 14.7 Å². The van der Waals surface area contributed by atoms with E-state index >= 15 is 0 Å². The van der Waals surface area contributed by atoms with E-state index in [2.05, 4.69) is 5.10 Å². The number of carboxylic acid groups (broad SMARTS) is 1. The molecule has 3 rings (SSSR count). The van der Waals surface area contributed by atoms with E-state index in [-0.39, 0.29) is 18.4 Å². The summed E-state index contributed by atoms with van der Waals surface area (Å²) in [5, 5.41) is 13.1. The maximum absolute atomic E-state index is 13.0. The van der Waals surface area contributed by atoms with Crippen molar-refractivity contribution in [3.63, 3.8) is 0 Å². The zero-order valence-corrected chi connectivity index (χ0v) is 14.1. The summed E-state index contributed by atoms with van der Waals surface area (Å²) >= 11 is 0. The summed E-state index contributed by atoms with van der Waals surface area (Å²) in [7, 11) is 1.85. The van der Waals surface area contributed by atoms with Gasteiger partial charge >= 0.3 is 5.97 Å². The highest BCUT2D eigenvalue weighted by Gasteiger charge is 2.28. The molecule has 25 heavy (non-hydrogen) atoms. The highest BCUT2D eigenvalue weighted by atomic mass is 16.5. The Bertz CT molecular complexity index is 771. The number of aromatic nitrogens is 2. The zero-order valence-electron chi connectivity index (χ0n) is 14.1. The van der Waals surface area contributed by atoms with Gasteiger partial charge in [-0.3, -0.25) is 14.3 Å². The molecule has 7 heteroatoms. The number of rotatable bonds is 5. The Morgan fingerprint density at radius 1 is 1.32 bits per heavy atom. The molecule has 1 amide bonds. The molecule has 0 radical (unpaired) electrons. The number of hydrogen-bond donors (Lipinski definition) is 1. The third kappa shape index (κ3) is 3.88. The summed E-state index contributed by atoms with van der Waals surface area (Å²) in [4.78, 5) is 25.6. The molecule has 7 nitrogen and oxygen atoms in total. The number of benzene rings is 1. The molecule has 1 atom stereocenters. The molecule has 1 aliphatic rings. The van der Waals surface area contributed by atoms with Crippen LogP contribution in [-0.2, 0) is 23.0 Å². The number of amides is 1. The Morgan fingerprint density at radius 2 is 2.12 bits per heavy atom. The summed E-state index contributed by atoms with van der Waals surface area (Å²) in [5.74, 6) is -0.957. The lowest BCUT2D eigenvalue weighted by Crippen LogP contribution is -2.43. The third-order valence-electron chi connectivity index (χ3n) is 4.40. The number of morpholine rings is 1. The van der Waals surface area contributed by atoms with Crippen molar-refractivity contribution >= 4 is 11.9 Å². The minimum absolute atomic E-state index is 0.00501. The van der Waals surface area contributed by atoms with Crippen LogP contribution in [-0.4, -0.2) is 51.4 Å². The summed E-state index contributed by atoms with van der Waals surface area (Å²) in [5.41, 5.74) is 2.25. The predicted molar refractivity (Wildman–Crippen MR) is 90.2 cm³/mol. The molecular weight excluding hydrogens is 322 g/mol. The Balaban J connectivity index is 1.76. The first-order chi connectivity index (χ1) is 12.1. The van der Waals surface area contributed by atoms with E-state index in [1.165, 1.54) is 0 Å². The Morgan fingerprint density at radius 3 is 2.84 bits per heavy atom. The number of ether oxygens (including phenoxy) is 1. The van der Waals surface area contributed by atoms with Gasteiger partial charge in [0.2, 0.25) is 0 Å². The molecular formula is C18H21N3O4. The second-order valence-electron chi connectivity index (χ2n) is 6.04. The Labute approximate surface area is 145 Å². The topological polar surface area (TPSA) is 84.7 Å². The van der Waals surface area contributed by atoms with Crippen LogP contribution in [0.25, 0.3) is 0 Å². The van der Waals surface area contributed by atoms with Gasteiger partial charge in [-0.15, -0.1) is 0 Å². The smallest absolute Gasteiger partial charge is 0.303 e. The fraction of sp³-hybridized carbons (Fsp3) is 0.389. The normalized spacial score (nSPS) is 17.5. The summed E-state index contributed by atoms with van der Waals surface area (Å²) < 4.78 is 7.55. The van der Waals surface area contributed by atoms with Gasteiger partial charge in [0, 0.05) is 31.8 Å². The van der Waals surface area contributed by atoms with Crippen molar-refractivity contribution in [2.75, 3.05) is 19.7 Å². The molecule has 1 aromatic carbocycles. The monoisotopic (exact) mass is 343 g/mol. The van der Waals surface area contributed by atoms with E-state index in [1.807, 2.05) is 25.2 Å². The van der Waals surface area contributed by atoms with E-state index in [1.54, 1.807) is 27.9 Å². The van der Waals surface area contributed by atoms with E-state index in [0.29, 0.717) is 31.7 Å². The van der Waals surface area contributed by atoms with Crippen LogP contribution in [0.2, 0.25) is 0 Å². The molecule has 0 aliphatic carbocycles. The minimum Gasteiger partial charge on any atom is -0.481 e. The molecule has 2 aromatic rings. The minimum atomic E-state index is -0.870. The van der Waals surface area contributed by atoms with Crippen LogP contribution in [0.5, 0.6) is 0 Å². The van der Waals surface area contributed by atoms with Crippen LogP contribution in [0.15, 0.2) is 36.5 Å². The van der Waals surface area contributed by atoms with E-state index in [0.717, 1.165) is 11.3 Å². The van der Waals surface area contributed by atoms with Gasteiger partial charge < -0.3 is 14.7 Å². The number of nitrogens with zero attached hydrogens (tertiary/aromatic N) is 3. The fourth-order valence-corrected chi connectivity index (χ4v) is 3.07. The van der Waals surface area contributed by atoms with Gasteiger partial charge in [-0.25, -0.2) is 0 Å². The van der Waals surface area contributed by atoms with Crippen LogP contribution in [0, 0.1) is 0 Å². The molecule has 1 unspecified atom stereocenters. The predicted octanol–water partition coefficient (Wildman–Crippen LogP) is 1.65. The molecule has 1 aliphatic heterocycles. The highest BCUT2D eigenvalue weighted by Crippen LogP contribution is 2.23. The molecule has 1 fully saturated rings. The van der Waals surface area contributed by atoms with Crippen molar-refractivity contribution in [3.05, 3.63) is 53.3 Å². The lowest BCUT2D eigenvalue weighted by Gasteiger charge is -2.33. The lowest BCUT2D eigenvalue weighted by molar-refractivity contribution is -0.136. The molecule has 1 aromatic heterocycles. The van der Waals surface area contributed by atoms with Crippen molar-refractivity contribution in [1.29, 1.82) is 0 Å². The first-order valence-corrected chi connectivity index (χ1v) is 8.24. The van der Waals surface area contributed by atoms with Gasteiger partial charge in [-0.1, -0.05) is 18.2 Å². The van der Waals surface area contributed by atoms with Gasteiger partial charge in [0.1, 0.15) is 6.10 Å². The largest absolute Gasteiger partial charge is 0.481 e. The number of carboxylic acids is 1. The van der Waals surface area contributed by atoms with E-state index in [9.17, 15) is 9.59 Å². The Kier molecular flexibility index (Phi) is 5.14. The van der Waals surface area contributed by atoms with Gasteiger partial charge in [-0.05, 0) is 24.1 Å².